The molecule has 0 spiro atoms. The van der Waals surface area contributed by atoms with Gasteiger partial charge in [-0.2, -0.15) is 0 Å². The molecular weight excluding hydrogens is 315 g/mol. The van der Waals surface area contributed by atoms with Gasteiger partial charge in [0.1, 0.15) is 11.6 Å². The van der Waals surface area contributed by atoms with Crippen LogP contribution in [0, 0.1) is 5.82 Å². The molecule has 0 fully saturated rings. The summed E-state index contributed by atoms with van der Waals surface area (Å²) in [5.74, 6) is 7.41. The van der Waals surface area contributed by atoms with E-state index in [-0.39, 0.29) is 5.82 Å². The molecule has 2 aromatic carbocycles. The van der Waals surface area contributed by atoms with E-state index in [2.05, 4.69) is 10.2 Å². The number of ether oxygens (including phenoxy) is 1. The summed E-state index contributed by atoms with van der Waals surface area (Å²) in [7, 11) is 1.63. The van der Waals surface area contributed by atoms with Crippen molar-refractivity contribution in [2.24, 2.45) is 0 Å². The van der Waals surface area contributed by atoms with Crippen LogP contribution in [0.2, 0.25) is 0 Å². The van der Waals surface area contributed by atoms with Crippen molar-refractivity contribution in [3.8, 4) is 17.1 Å². The molecule has 3 aromatic rings. The molecule has 2 N–H and O–H groups in total. The lowest BCUT2D eigenvalue weighted by molar-refractivity contribution is 0.414. The molecule has 1 aromatic heterocycles. The van der Waals surface area contributed by atoms with Gasteiger partial charge in [-0.05, 0) is 29.8 Å². The largest absolute Gasteiger partial charge is 0.497 e. The van der Waals surface area contributed by atoms with E-state index in [1.54, 1.807) is 25.3 Å². The molecule has 0 saturated carbocycles. The van der Waals surface area contributed by atoms with Gasteiger partial charge in [0, 0.05) is 5.75 Å². The summed E-state index contributed by atoms with van der Waals surface area (Å²) < 4.78 is 20.3. The standard InChI is InChI=1S/C16H15FN4OS/c1-22-12-8-6-11(7-9-12)10-23-16-20-19-15(21(16)18)13-4-2-3-5-14(13)17/h2-9H,10,18H2,1H3. The van der Waals surface area contributed by atoms with Crippen molar-refractivity contribution in [1.82, 2.24) is 14.9 Å². The number of nitrogens with zero attached hydrogens (tertiary/aromatic N) is 3. The number of nitrogens with two attached hydrogens (primary N) is 1. The van der Waals surface area contributed by atoms with Crippen LogP contribution in [0.1, 0.15) is 5.56 Å². The lowest BCUT2D eigenvalue weighted by Gasteiger charge is -2.05. The molecule has 0 bridgehead atoms. The Labute approximate surface area is 137 Å². The Morgan fingerprint density at radius 2 is 1.87 bits per heavy atom. The zero-order valence-electron chi connectivity index (χ0n) is 12.4. The van der Waals surface area contributed by atoms with E-state index < -0.39 is 0 Å². The van der Waals surface area contributed by atoms with Crippen LogP contribution in [0.5, 0.6) is 5.75 Å². The summed E-state index contributed by atoms with van der Waals surface area (Å²) in [6.07, 6.45) is 0. The highest BCUT2D eigenvalue weighted by atomic mass is 32.2. The molecule has 23 heavy (non-hydrogen) atoms. The maximum Gasteiger partial charge on any atom is 0.210 e. The molecule has 0 atom stereocenters. The van der Waals surface area contributed by atoms with E-state index in [1.807, 2.05) is 24.3 Å². The highest BCUT2D eigenvalue weighted by Crippen LogP contribution is 2.26. The molecule has 0 aliphatic carbocycles. The molecule has 7 heteroatoms. The van der Waals surface area contributed by atoms with Crippen LogP contribution in [-0.2, 0) is 5.75 Å². The topological polar surface area (TPSA) is 66.0 Å². The van der Waals surface area contributed by atoms with Gasteiger partial charge in [-0.25, -0.2) is 9.07 Å². The molecule has 0 radical (unpaired) electrons. The molecular formula is C16H15FN4OS. The van der Waals surface area contributed by atoms with E-state index in [4.69, 9.17) is 10.6 Å². The summed E-state index contributed by atoms with van der Waals surface area (Å²) in [5.41, 5.74) is 1.44. The van der Waals surface area contributed by atoms with E-state index in [0.29, 0.717) is 22.3 Å². The van der Waals surface area contributed by atoms with E-state index >= 15 is 0 Å². The lowest BCUT2D eigenvalue weighted by Crippen LogP contribution is -2.12. The van der Waals surface area contributed by atoms with Gasteiger partial charge >= 0.3 is 0 Å². The Morgan fingerprint density at radius 3 is 2.57 bits per heavy atom. The SMILES string of the molecule is COc1ccc(CSc2nnc(-c3ccccc3F)n2N)cc1. The zero-order chi connectivity index (χ0) is 16.2. The van der Waals surface area contributed by atoms with Gasteiger partial charge in [0.2, 0.25) is 5.16 Å². The number of nitrogen functional groups attached to an aromatic ring is 1. The molecule has 3 rings (SSSR count). The van der Waals surface area contributed by atoms with Gasteiger partial charge in [0.15, 0.2) is 5.82 Å². The maximum atomic E-state index is 13.8. The summed E-state index contributed by atoms with van der Waals surface area (Å²) in [6.45, 7) is 0. The first-order chi connectivity index (χ1) is 11.2. The summed E-state index contributed by atoms with van der Waals surface area (Å²) in [4.78, 5) is 0. The minimum atomic E-state index is -0.377. The summed E-state index contributed by atoms with van der Waals surface area (Å²) >= 11 is 1.44. The van der Waals surface area contributed by atoms with Gasteiger partial charge < -0.3 is 10.6 Å². The molecule has 0 amide bonds. The average Bonchev–Trinajstić information content (AvgIpc) is 2.94. The number of hydrogen-bond acceptors (Lipinski definition) is 5. The van der Waals surface area contributed by atoms with Gasteiger partial charge in [-0.3, -0.25) is 0 Å². The van der Waals surface area contributed by atoms with E-state index in [9.17, 15) is 4.39 Å². The Balaban J connectivity index is 1.75. The Bertz CT molecular complexity index is 804. The zero-order valence-corrected chi connectivity index (χ0v) is 13.3. The quantitative estimate of drug-likeness (QED) is 0.575. The minimum Gasteiger partial charge on any atom is -0.497 e. The minimum absolute atomic E-state index is 0.306. The van der Waals surface area contributed by atoms with E-state index in [1.165, 1.54) is 22.5 Å². The predicted molar refractivity (Wildman–Crippen MR) is 88.1 cm³/mol. The molecule has 0 unspecified atom stereocenters. The van der Waals surface area contributed by atoms with Gasteiger partial charge in [-0.15, -0.1) is 10.2 Å². The number of hydrogen-bond donors (Lipinski definition) is 1. The third-order valence-corrected chi connectivity index (χ3v) is 4.32. The van der Waals surface area contributed by atoms with Crippen LogP contribution in [0.3, 0.4) is 0 Å². The van der Waals surface area contributed by atoms with Crippen molar-refractivity contribution in [3.63, 3.8) is 0 Å². The molecule has 1 heterocycles. The van der Waals surface area contributed by atoms with Crippen LogP contribution in [0.4, 0.5) is 4.39 Å². The van der Waals surface area contributed by atoms with Crippen LogP contribution < -0.4 is 10.6 Å². The Kier molecular flexibility index (Phi) is 4.47. The maximum absolute atomic E-state index is 13.8. The Hall–Kier alpha value is -2.54. The number of methoxy groups -OCH3 is 1. The van der Waals surface area contributed by atoms with Crippen molar-refractivity contribution in [2.75, 3.05) is 13.0 Å². The fraction of sp³-hybridized carbons (Fsp3) is 0.125. The third-order valence-electron chi connectivity index (χ3n) is 3.31. The molecule has 5 nitrogen and oxygen atoms in total. The smallest absolute Gasteiger partial charge is 0.210 e. The monoisotopic (exact) mass is 330 g/mol. The lowest BCUT2D eigenvalue weighted by atomic mass is 10.2. The Morgan fingerprint density at radius 1 is 1.13 bits per heavy atom. The average molecular weight is 330 g/mol. The second kappa shape index (κ2) is 6.70. The third kappa shape index (κ3) is 3.29. The van der Waals surface area contributed by atoms with Crippen LogP contribution in [0.15, 0.2) is 53.7 Å². The summed E-state index contributed by atoms with van der Waals surface area (Å²) in [6, 6.07) is 14.1. The van der Waals surface area contributed by atoms with Crippen LogP contribution >= 0.6 is 11.8 Å². The van der Waals surface area contributed by atoms with Crippen molar-refractivity contribution in [3.05, 3.63) is 59.9 Å². The normalized spacial score (nSPS) is 10.7. The molecule has 0 aliphatic rings. The molecule has 118 valence electrons. The first kappa shape index (κ1) is 15.4. The highest BCUT2D eigenvalue weighted by Gasteiger charge is 2.15. The highest BCUT2D eigenvalue weighted by molar-refractivity contribution is 7.98. The number of halogens is 1. The fourth-order valence-corrected chi connectivity index (χ4v) is 2.88. The van der Waals surface area contributed by atoms with Crippen molar-refractivity contribution in [1.29, 1.82) is 0 Å². The number of thioether (sulfide) groups is 1. The van der Waals surface area contributed by atoms with Crippen LogP contribution in [-0.4, -0.2) is 22.0 Å². The van der Waals surface area contributed by atoms with Gasteiger partial charge in [0.25, 0.3) is 0 Å². The first-order valence-electron chi connectivity index (χ1n) is 6.90. The van der Waals surface area contributed by atoms with E-state index in [0.717, 1.165) is 11.3 Å². The fourth-order valence-electron chi connectivity index (χ4n) is 2.07. The van der Waals surface area contributed by atoms with Gasteiger partial charge in [-0.1, -0.05) is 36.0 Å². The number of rotatable bonds is 5. The first-order valence-corrected chi connectivity index (χ1v) is 7.88. The van der Waals surface area contributed by atoms with Crippen molar-refractivity contribution >= 4 is 11.8 Å². The second-order valence-corrected chi connectivity index (χ2v) is 5.74. The second-order valence-electron chi connectivity index (χ2n) is 4.79. The van der Waals surface area contributed by atoms with Crippen molar-refractivity contribution in [2.45, 2.75) is 10.9 Å². The number of aromatic nitrogens is 3. The number of benzene rings is 2. The molecule has 0 saturated heterocycles. The summed E-state index contributed by atoms with van der Waals surface area (Å²) in [5, 5.41) is 8.56. The molecule has 0 aliphatic heterocycles. The van der Waals surface area contributed by atoms with Gasteiger partial charge in [0.05, 0.1) is 12.7 Å². The van der Waals surface area contributed by atoms with Crippen LogP contribution in [0.25, 0.3) is 11.4 Å². The predicted octanol–water partition coefficient (Wildman–Crippen LogP) is 3.10. The van der Waals surface area contributed by atoms with Crippen molar-refractivity contribution < 1.29 is 9.13 Å².